The van der Waals surface area contributed by atoms with E-state index in [9.17, 15) is 0 Å². The molecule has 2 rings (SSSR count). The number of oxazole rings is 1. The van der Waals surface area contributed by atoms with Crippen molar-refractivity contribution in [3.8, 4) is 0 Å². The molecule has 0 saturated heterocycles. The minimum Gasteiger partial charge on any atom is -0.441 e. The normalized spacial score (nSPS) is 11.9. The van der Waals surface area contributed by atoms with E-state index in [-0.39, 0.29) is 0 Å². The van der Waals surface area contributed by atoms with Crippen molar-refractivity contribution >= 4 is 11.1 Å². The summed E-state index contributed by atoms with van der Waals surface area (Å²) in [6.45, 7) is 10.7. The van der Waals surface area contributed by atoms with E-state index in [0.717, 1.165) is 17.0 Å². The van der Waals surface area contributed by atoms with Crippen LogP contribution in [0.1, 0.15) is 56.5 Å². The molecular formula is C14H19NO. The van der Waals surface area contributed by atoms with E-state index >= 15 is 0 Å². The summed E-state index contributed by atoms with van der Waals surface area (Å²) in [6.07, 6.45) is 0. The zero-order chi connectivity index (χ0) is 11.9. The highest BCUT2D eigenvalue weighted by Gasteiger charge is 2.15. The monoisotopic (exact) mass is 217 g/mol. The highest BCUT2D eigenvalue weighted by atomic mass is 16.3. The molecule has 0 radical (unpaired) electrons. The molecule has 2 nitrogen and oxygen atoms in total. The van der Waals surface area contributed by atoms with Crippen LogP contribution in [0, 0.1) is 6.92 Å². The van der Waals surface area contributed by atoms with Crippen LogP contribution in [0.25, 0.3) is 11.1 Å². The summed E-state index contributed by atoms with van der Waals surface area (Å²) in [5.41, 5.74) is 4.54. The molecule has 0 bridgehead atoms. The SMILES string of the molecule is Cc1nc2c(C(C)C)ccc(C(C)C)c2o1. The van der Waals surface area contributed by atoms with Crippen LogP contribution >= 0.6 is 0 Å². The van der Waals surface area contributed by atoms with Crippen molar-refractivity contribution in [1.82, 2.24) is 4.98 Å². The first-order valence-electron chi connectivity index (χ1n) is 5.90. The smallest absolute Gasteiger partial charge is 0.192 e. The lowest BCUT2D eigenvalue weighted by atomic mass is 9.95. The first kappa shape index (κ1) is 11.2. The fourth-order valence-electron chi connectivity index (χ4n) is 2.07. The maximum atomic E-state index is 5.74. The molecule has 0 amide bonds. The summed E-state index contributed by atoms with van der Waals surface area (Å²) in [5.74, 6) is 1.70. The average Bonchev–Trinajstić information content (AvgIpc) is 2.56. The Labute approximate surface area is 96.7 Å². The summed E-state index contributed by atoms with van der Waals surface area (Å²) in [4.78, 5) is 4.51. The second-order valence-corrected chi connectivity index (χ2v) is 4.96. The van der Waals surface area contributed by atoms with Gasteiger partial charge in [0.2, 0.25) is 0 Å². The lowest BCUT2D eigenvalue weighted by molar-refractivity contribution is 0.555. The zero-order valence-corrected chi connectivity index (χ0v) is 10.7. The Balaban J connectivity index is 2.76. The number of hydrogen-bond donors (Lipinski definition) is 0. The maximum Gasteiger partial charge on any atom is 0.192 e. The fourth-order valence-corrected chi connectivity index (χ4v) is 2.07. The number of aromatic nitrogens is 1. The molecule has 1 aromatic heterocycles. The lowest BCUT2D eigenvalue weighted by Crippen LogP contribution is -1.94. The molecule has 16 heavy (non-hydrogen) atoms. The van der Waals surface area contributed by atoms with Gasteiger partial charge in [0, 0.05) is 6.92 Å². The van der Waals surface area contributed by atoms with E-state index < -0.39 is 0 Å². The standard InChI is InChI=1S/C14H19NO/c1-8(2)11-6-7-12(9(3)4)14-13(11)15-10(5)16-14/h6-9H,1-5H3. The van der Waals surface area contributed by atoms with Crippen molar-refractivity contribution in [3.63, 3.8) is 0 Å². The Bertz CT molecular complexity index is 464. The van der Waals surface area contributed by atoms with E-state index in [1.54, 1.807) is 0 Å². The summed E-state index contributed by atoms with van der Waals surface area (Å²) in [6, 6.07) is 4.36. The number of nitrogens with zero attached hydrogens (tertiary/aromatic N) is 1. The predicted octanol–water partition coefficient (Wildman–Crippen LogP) is 4.38. The molecule has 2 aromatic rings. The highest BCUT2D eigenvalue weighted by Crippen LogP contribution is 2.31. The molecule has 1 heterocycles. The van der Waals surface area contributed by atoms with Gasteiger partial charge in [0.15, 0.2) is 11.5 Å². The topological polar surface area (TPSA) is 26.0 Å². The minimum absolute atomic E-state index is 0.469. The van der Waals surface area contributed by atoms with Gasteiger partial charge in [0.25, 0.3) is 0 Å². The van der Waals surface area contributed by atoms with Crippen molar-refractivity contribution < 1.29 is 4.42 Å². The molecule has 0 spiro atoms. The Hall–Kier alpha value is -1.31. The number of hydrogen-bond acceptors (Lipinski definition) is 2. The summed E-state index contributed by atoms with van der Waals surface area (Å²) in [7, 11) is 0. The first-order chi connectivity index (χ1) is 7.50. The molecule has 0 N–H and O–H groups in total. The Kier molecular flexibility index (Phi) is 2.75. The van der Waals surface area contributed by atoms with Gasteiger partial charge in [-0.25, -0.2) is 4.98 Å². The van der Waals surface area contributed by atoms with Crippen LogP contribution in [0.2, 0.25) is 0 Å². The maximum absolute atomic E-state index is 5.74. The third kappa shape index (κ3) is 1.73. The number of aryl methyl sites for hydroxylation is 1. The molecule has 1 aromatic carbocycles. The lowest BCUT2D eigenvalue weighted by Gasteiger charge is -2.10. The van der Waals surface area contributed by atoms with Gasteiger partial charge in [-0.15, -0.1) is 0 Å². The van der Waals surface area contributed by atoms with Crippen molar-refractivity contribution in [2.45, 2.75) is 46.5 Å². The molecule has 0 aliphatic carbocycles. The third-order valence-electron chi connectivity index (χ3n) is 2.96. The molecule has 0 aliphatic rings. The zero-order valence-electron chi connectivity index (χ0n) is 10.7. The quantitative estimate of drug-likeness (QED) is 0.746. The van der Waals surface area contributed by atoms with Crippen LogP contribution in [0.3, 0.4) is 0 Å². The second-order valence-electron chi connectivity index (χ2n) is 4.96. The van der Waals surface area contributed by atoms with Crippen LogP contribution in [0.4, 0.5) is 0 Å². The van der Waals surface area contributed by atoms with E-state index in [1.165, 1.54) is 11.1 Å². The van der Waals surface area contributed by atoms with Crippen molar-refractivity contribution in [2.75, 3.05) is 0 Å². The molecule has 0 saturated carbocycles. The molecule has 0 fully saturated rings. The van der Waals surface area contributed by atoms with E-state index in [0.29, 0.717) is 11.8 Å². The van der Waals surface area contributed by atoms with Crippen LogP contribution in [0.15, 0.2) is 16.5 Å². The Morgan fingerprint density at radius 1 is 1.00 bits per heavy atom. The van der Waals surface area contributed by atoms with Gasteiger partial charge in [0.05, 0.1) is 0 Å². The van der Waals surface area contributed by atoms with Gasteiger partial charge in [-0.3, -0.25) is 0 Å². The van der Waals surface area contributed by atoms with Gasteiger partial charge >= 0.3 is 0 Å². The molecular weight excluding hydrogens is 198 g/mol. The predicted molar refractivity (Wildman–Crippen MR) is 66.9 cm³/mol. The number of benzene rings is 1. The second kappa shape index (κ2) is 3.93. The van der Waals surface area contributed by atoms with Crippen molar-refractivity contribution in [3.05, 3.63) is 29.2 Å². The fraction of sp³-hybridized carbons (Fsp3) is 0.500. The van der Waals surface area contributed by atoms with Gasteiger partial charge in [-0.2, -0.15) is 0 Å². The van der Waals surface area contributed by atoms with E-state index in [2.05, 4.69) is 44.8 Å². The minimum atomic E-state index is 0.469. The van der Waals surface area contributed by atoms with E-state index in [4.69, 9.17) is 4.42 Å². The van der Waals surface area contributed by atoms with Crippen LogP contribution in [-0.4, -0.2) is 4.98 Å². The van der Waals surface area contributed by atoms with Gasteiger partial charge in [-0.1, -0.05) is 39.8 Å². The Morgan fingerprint density at radius 3 is 2.12 bits per heavy atom. The van der Waals surface area contributed by atoms with E-state index in [1.807, 2.05) is 6.92 Å². The molecule has 2 heteroatoms. The van der Waals surface area contributed by atoms with Crippen LogP contribution in [-0.2, 0) is 0 Å². The highest BCUT2D eigenvalue weighted by molar-refractivity contribution is 5.81. The molecule has 0 unspecified atom stereocenters. The van der Waals surface area contributed by atoms with Gasteiger partial charge in [-0.05, 0) is 23.0 Å². The van der Waals surface area contributed by atoms with Crippen molar-refractivity contribution in [1.29, 1.82) is 0 Å². The average molecular weight is 217 g/mol. The van der Waals surface area contributed by atoms with Crippen molar-refractivity contribution in [2.24, 2.45) is 0 Å². The summed E-state index contributed by atoms with van der Waals surface area (Å²) >= 11 is 0. The largest absolute Gasteiger partial charge is 0.441 e. The molecule has 0 aliphatic heterocycles. The summed E-state index contributed by atoms with van der Waals surface area (Å²) < 4.78 is 5.74. The third-order valence-corrected chi connectivity index (χ3v) is 2.96. The number of fused-ring (bicyclic) bond motifs is 1. The number of rotatable bonds is 2. The Morgan fingerprint density at radius 2 is 1.56 bits per heavy atom. The van der Waals surface area contributed by atoms with Gasteiger partial charge < -0.3 is 4.42 Å². The van der Waals surface area contributed by atoms with Crippen LogP contribution in [0.5, 0.6) is 0 Å². The van der Waals surface area contributed by atoms with Crippen LogP contribution < -0.4 is 0 Å². The molecule has 86 valence electrons. The first-order valence-corrected chi connectivity index (χ1v) is 5.90. The molecule has 0 atom stereocenters. The van der Waals surface area contributed by atoms with Gasteiger partial charge in [0.1, 0.15) is 5.52 Å². The summed E-state index contributed by atoms with van der Waals surface area (Å²) in [5, 5.41) is 0.